The zero-order valence-corrected chi connectivity index (χ0v) is 15.5. The lowest BCUT2D eigenvalue weighted by atomic mass is 10.2. The molecule has 5 nitrogen and oxygen atoms in total. The van der Waals surface area contributed by atoms with Crippen LogP contribution in [0.1, 0.15) is 16.6 Å². The molecule has 0 atom stereocenters. The van der Waals surface area contributed by atoms with Gasteiger partial charge in [0.1, 0.15) is 4.88 Å². The second-order valence-corrected chi connectivity index (χ2v) is 7.08. The van der Waals surface area contributed by atoms with E-state index in [4.69, 9.17) is 9.47 Å². The predicted molar refractivity (Wildman–Crippen MR) is 95.5 cm³/mol. The van der Waals surface area contributed by atoms with E-state index in [2.05, 4.69) is 15.9 Å². The number of halogens is 1. The second-order valence-electron chi connectivity index (χ2n) is 5.27. The van der Waals surface area contributed by atoms with E-state index in [1.54, 1.807) is 4.90 Å². The first-order chi connectivity index (χ1) is 11.6. The molecule has 2 heterocycles. The van der Waals surface area contributed by atoms with E-state index in [1.165, 1.54) is 18.3 Å². The van der Waals surface area contributed by atoms with Crippen LogP contribution in [0.4, 0.5) is 0 Å². The molecule has 2 aromatic rings. The van der Waals surface area contributed by atoms with Crippen LogP contribution in [0.15, 0.2) is 34.8 Å². The standard InChI is InChI=1S/C17H16BrNO4S/c1-11(20)23-14-13(18)15(12-5-3-2-4-6-12)24-16(14)17(21)19-7-9-22-10-8-19/h2-6H,7-10H2,1H3. The third kappa shape index (κ3) is 3.53. The van der Waals surface area contributed by atoms with Gasteiger partial charge in [-0.1, -0.05) is 30.3 Å². The molecule has 3 rings (SSSR count). The van der Waals surface area contributed by atoms with Crippen LogP contribution >= 0.6 is 27.3 Å². The van der Waals surface area contributed by atoms with Crippen molar-refractivity contribution in [2.75, 3.05) is 26.3 Å². The van der Waals surface area contributed by atoms with Crippen LogP contribution in [0.25, 0.3) is 10.4 Å². The first-order valence-electron chi connectivity index (χ1n) is 7.51. The number of hydrogen-bond donors (Lipinski definition) is 0. The topological polar surface area (TPSA) is 55.8 Å². The summed E-state index contributed by atoms with van der Waals surface area (Å²) in [5, 5.41) is 0. The highest BCUT2D eigenvalue weighted by Gasteiger charge is 2.29. The molecule has 24 heavy (non-hydrogen) atoms. The number of thiophene rings is 1. The lowest BCUT2D eigenvalue weighted by Gasteiger charge is -2.26. The molecule has 7 heteroatoms. The smallest absolute Gasteiger partial charge is 0.308 e. The van der Waals surface area contributed by atoms with Gasteiger partial charge in [0, 0.05) is 20.0 Å². The van der Waals surface area contributed by atoms with Gasteiger partial charge >= 0.3 is 5.97 Å². The van der Waals surface area contributed by atoms with Crippen LogP contribution < -0.4 is 4.74 Å². The Morgan fingerprint density at radius 2 is 1.88 bits per heavy atom. The van der Waals surface area contributed by atoms with Crippen molar-refractivity contribution in [2.24, 2.45) is 0 Å². The lowest BCUT2D eigenvalue weighted by molar-refractivity contribution is -0.131. The van der Waals surface area contributed by atoms with E-state index < -0.39 is 5.97 Å². The average molecular weight is 410 g/mol. The summed E-state index contributed by atoms with van der Waals surface area (Å²) < 4.78 is 11.3. The molecule has 1 aliphatic heterocycles. The number of carbonyl (C=O) groups is 2. The predicted octanol–water partition coefficient (Wildman–Crippen LogP) is 3.58. The first-order valence-corrected chi connectivity index (χ1v) is 9.12. The monoisotopic (exact) mass is 409 g/mol. The Hall–Kier alpha value is -1.70. The highest BCUT2D eigenvalue weighted by molar-refractivity contribution is 9.10. The van der Waals surface area contributed by atoms with Gasteiger partial charge < -0.3 is 14.4 Å². The summed E-state index contributed by atoms with van der Waals surface area (Å²) in [5.41, 5.74) is 0.962. The fourth-order valence-electron chi connectivity index (χ4n) is 2.46. The van der Waals surface area contributed by atoms with Crippen molar-refractivity contribution in [3.8, 4) is 16.2 Å². The number of carbonyl (C=O) groups excluding carboxylic acids is 2. The molecule has 1 saturated heterocycles. The quantitative estimate of drug-likeness (QED) is 0.726. The summed E-state index contributed by atoms with van der Waals surface area (Å²) in [4.78, 5) is 27.4. The van der Waals surface area contributed by atoms with Crippen molar-refractivity contribution in [1.29, 1.82) is 0 Å². The van der Waals surface area contributed by atoms with Crippen molar-refractivity contribution in [1.82, 2.24) is 4.90 Å². The lowest BCUT2D eigenvalue weighted by Crippen LogP contribution is -2.40. The molecule has 0 unspecified atom stereocenters. The molecule has 126 valence electrons. The number of hydrogen-bond acceptors (Lipinski definition) is 5. The van der Waals surface area contributed by atoms with Crippen molar-refractivity contribution < 1.29 is 19.1 Å². The van der Waals surface area contributed by atoms with Gasteiger partial charge in [-0.25, -0.2) is 0 Å². The highest BCUT2D eigenvalue weighted by atomic mass is 79.9. The molecular weight excluding hydrogens is 394 g/mol. The van der Waals surface area contributed by atoms with E-state index in [0.29, 0.717) is 41.4 Å². The Kier molecular flexibility index (Phi) is 5.33. The Balaban J connectivity index is 2.03. The van der Waals surface area contributed by atoms with Gasteiger partial charge in [-0.2, -0.15) is 0 Å². The Morgan fingerprint density at radius 3 is 2.50 bits per heavy atom. The number of benzene rings is 1. The number of esters is 1. The van der Waals surface area contributed by atoms with Crippen molar-refractivity contribution in [3.63, 3.8) is 0 Å². The molecule has 0 saturated carbocycles. The maximum absolute atomic E-state index is 12.9. The van der Waals surface area contributed by atoms with Gasteiger partial charge in [-0.15, -0.1) is 11.3 Å². The second kappa shape index (κ2) is 7.46. The molecule has 1 fully saturated rings. The molecule has 1 amide bonds. The van der Waals surface area contributed by atoms with Crippen LogP contribution in [0.3, 0.4) is 0 Å². The molecule has 1 aliphatic rings. The highest BCUT2D eigenvalue weighted by Crippen LogP contribution is 2.46. The van der Waals surface area contributed by atoms with Crippen LogP contribution in [0, 0.1) is 0 Å². The number of morpholine rings is 1. The fourth-order valence-corrected chi connectivity index (χ4v) is 4.43. The van der Waals surface area contributed by atoms with Gasteiger partial charge in [-0.3, -0.25) is 9.59 Å². The van der Waals surface area contributed by atoms with Crippen molar-refractivity contribution in [3.05, 3.63) is 39.7 Å². The van der Waals surface area contributed by atoms with Gasteiger partial charge in [0.15, 0.2) is 5.75 Å². The summed E-state index contributed by atoms with van der Waals surface area (Å²) in [7, 11) is 0. The van der Waals surface area contributed by atoms with Gasteiger partial charge in [0.2, 0.25) is 0 Å². The number of amides is 1. The molecular formula is C17H16BrNO4S. The van der Waals surface area contributed by atoms with E-state index in [9.17, 15) is 9.59 Å². The van der Waals surface area contributed by atoms with Gasteiger partial charge in [-0.05, 0) is 21.5 Å². The Labute approximate surface area is 152 Å². The van der Waals surface area contributed by atoms with Gasteiger partial charge in [0.05, 0.1) is 22.6 Å². The van der Waals surface area contributed by atoms with Crippen LogP contribution in [-0.4, -0.2) is 43.1 Å². The summed E-state index contributed by atoms with van der Waals surface area (Å²) in [6.07, 6.45) is 0. The number of rotatable bonds is 3. The summed E-state index contributed by atoms with van der Waals surface area (Å²) in [6.45, 7) is 3.44. The molecule has 0 aliphatic carbocycles. The minimum atomic E-state index is -0.455. The third-order valence-electron chi connectivity index (χ3n) is 3.58. The number of nitrogens with zero attached hydrogens (tertiary/aromatic N) is 1. The van der Waals surface area contributed by atoms with E-state index in [-0.39, 0.29) is 5.91 Å². The fraction of sp³-hybridized carbons (Fsp3) is 0.294. The zero-order chi connectivity index (χ0) is 17.1. The van der Waals surface area contributed by atoms with E-state index in [0.717, 1.165) is 10.4 Å². The Morgan fingerprint density at radius 1 is 1.21 bits per heavy atom. The average Bonchev–Trinajstić information content (AvgIpc) is 2.92. The largest absolute Gasteiger partial charge is 0.424 e. The van der Waals surface area contributed by atoms with Crippen LogP contribution in [0.5, 0.6) is 5.75 Å². The summed E-state index contributed by atoms with van der Waals surface area (Å²) in [5.74, 6) is -0.297. The van der Waals surface area contributed by atoms with Crippen LogP contribution in [-0.2, 0) is 9.53 Å². The third-order valence-corrected chi connectivity index (χ3v) is 5.81. The number of ether oxygens (including phenoxy) is 2. The minimum absolute atomic E-state index is 0.137. The summed E-state index contributed by atoms with van der Waals surface area (Å²) >= 11 is 4.82. The summed E-state index contributed by atoms with van der Waals surface area (Å²) in [6, 6.07) is 9.69. The maximum Gasteiger partial charge on any atom is 0.308 e. The minimum Gasteiger partial charge on any atom is -0.424 e. The molecule has 0 radical (unpaired) electrons. The van der Waals surface area contributed by atoms with E-state index in [1.807, 2.05) is 30.3 Å². The molecule has 1 aromatic heterocycles. The normalized spacial score (nSPS) is 14.5. The molecule has 0 bridgehead atoms. The molecule has 0 N–H and O–H groups in total. The van der Waals surface area contributed by atoms with Crippen molar-refractivity contribution >= 4 is 39.1 Å². The van der Waals surface area contributed by atoms with Gasteiger partial charge in [0.25, 0.3) is 5.91 Å². The zero-order valence-electron chi connectivity index (χ0n) is 13.1. The molecule has 1 aromatic carbocycles. The maximum atomic E-state index is 12.9. The van der Waals surface area contributed by atoms with Crippen LogP contribution in [0.2, 0.25) is 0 Å². The van der Waals surface area contributed by atoms with E-state index >= 15 is 0 Å². The molecule has 0 spiro atoms. The Bertz CT molecular complexity index is 753. The SMILES string of the molecule is CC(=O)Oc1c(C(=O)N2CCOCC2)sc(-c2ccccc2)c1Br. The first kappa shape index (κ1) is 17.1. The van der Waals surface area contributed by atoms with Crippen molar-refractivity contribution in [2.45, 2.75) is 6.92 Å².